The summed E-state index contributed by atoms with van der Waals surface area (Å²) in [5.41, 5.74) is 5.63. The van der Waals surface area contributed by atoms with Crippen molar-refractivity contribution in [2.75, 3.05) is 12.4 Å². The molecule has 0 aromatic heterocycles. The normalized spacial score (nSPS) is 21.0. The third-order valence-electron chi connectivity index (χ3n) is 5.90. The van der Waals surface area contributed by atoms with Gasteiger partial charge in [0.25, 0.3) is 0 Å². The number of fused-ring (bicyclic) bond motifs is 2. The first-order valence-electron chi connectivity index (χ1n) is 9.47. The average Bonchev–Trinajstić information content (AvgIpc) is 2.63. The van der Waals surface area contributed by atoms with E-state index in [0.29, 0.717) is 0 Å². The van der Waals surface area contributed by atoms with Crippen LogP contribution in [0.3, 0.4) is 0 Å². The van der Waals surface area contributed by atoms with Crippen molar-refractivity contribution in [1.29, 1.82) is 0 Å². The number of methoxy groups -OCH3 is 1. The smallest absolute Gasteiger partial charge is 0.0862 e. The van der Waals surface area contributed by atoms with E-state index < -0.39 is 0 Å². The monoisotopic (exact) mass is 379 g/mol. The molecule has 0 saturated heterocycles. The van der Waals surface area contributed by atoms with Crippen LogP contribution in [0.1, 0.15) is 37.8 Å². The van der Waals surface area contributed by atoms with Crippen molar-refractivity contribution >= 4 is 28.1 Å². The van der Waals surface area contributed by atoms with E-state index in [2.05, 4.69) is 81.5 Å². The van der Waals surface area contributed by atoms with Crippen LogP contribution < -0.4 is 5.32 Å². The number of rotatable bonds is 2. The molecule has 3 aromatic carbocycles. The van der Waals surface area contributed by atoms with E-state index in [1.165, 1.54) is 21.9 Å². The predicted molar refractivity (Wildman–Crippen MR) is 116 cm³/mol. The Kier molecular flexibility index (Phi) is 4.44. The van der Waals surface area contributed by atoms with Crippen molar-refractivity contribution in [1.82, 2.24) is 0 Å². The molecule has 1 aliphatic heterocycles. The molecule has 2 unspecified atom stereocenters. The summed E-state index contributed by atoms with van der Waals surface area (Å²) in [7, 11) is 1.78. The van der Waals surface area contributed by atoms with Crippen LogP contribution in [0, 0.1) is 6.92 Å². The Balaban J connectivity index is 1.99. The van der Waals surface area contributed by atoms with Crippen LogP contribution in [0.4, 0.5) is 5.69 Å². The van der Waals surface area contributed by atoms with Gasteiger partial charge in [0.15, 0.2) is 0 Å². The summed E-state index contributed by atoms with van der Waals surface area (Å²) in [6.07, 6.45) is 0.0460. The molecule has 0 aliphatic carbocycles. The third kappa shape index (κ3) is 2.83. The molecule has 2 nitrogen and oxygen atoms in total. The van der Waals surface area contributed by atoms with Gasteiger partial charge in [-0.25, -0.2) is 0 Å². The topological polar surface area (TPSA) is 21.3 Å². The molecular formula is C24H26ClNO. The van der Waals surface area contributed by atoms with Crippen molar-refractivity contribution < 1.29 is 4.74 Å². The number of hydrogen-bond acceptors (Lipinski definition) is 2. The lowest BCUT2D eigenvalue weighted by Crippen LogP contribution is -2.51. The summed E-state index contributed by atoms with van der Waals surface area (Å²) >= 11 is 7.05. The maximum Gasteiger partial charge on any atom is 0.0862 e. The Bertz CT molecular complexity index is 1020. The molecule has 1 aliphatic rings. The van der Waals surface area contributed by atoms with E-state index in [0.717, 1.165) is 21.8 Å². The van der Waals surface area contributed by atoms with Gasteiger partial charge in [-0.2, -0.15) is 0 Å². The number of nitrogens with one attached hydrogen (secondary N) is 1. The second-order valence-corrected chi connectivity index (χ2v) is 8.54. The fourth-order valence-electron chi connectivity index (χ4n) is 4.74. The molecule has 3 aromatic rings. The largest absolute Gasteiger partial charge is 0.378 e. The summed E-state index contributed by atoms with van der Waals surface area (Å²) in [5.74, 6) is 0.197. The van der Waals surface area contributed by atoms with Crippen molar-refractivity contribution in [2.24, 2.45) is 0 Å². The number of halogens is 1. The van der Waals surface area contributed by atoms with Gasteiger partial charge in [0, 0.05) is 29.8 Å². The molecule has 1 heterocycles. The van der Waals surface area contributed by atoms with Gasteiger partial charge in [-0.3, -0.25) is 0 Å². The minimum atomic E-state index is -0.157. The van der Waals surface area contributed by atoms with Crippen LogP contribution >= 0.6 is 11.6 Å². The van der Waals surface area contributed by atoms with E-state index >= 15 is 0 Å². The van der Waals surface area contributed by atoms with E-state index in [-0.39, 0.29) is 17.6 Å². The average molecular weight is 380 g/mol. The van der Waals surface area contributed by atoms with Crippen LogP contribution in [-0.4, -0.2) is 18.8 Å². The molecule has 2 atom stereocenters. The van der Waals surface area contributed by atoms with Crippen molar-refractivity contribution in [3.63, 3.8) is 0 Å². The zero-order chi connectivity index (χ0) is 19.3. The van der Waals surface area contributed by atoms with Crippen LogP contribution in [0.5, 0.6) is 0 Å². The molecule has 27 heavy (non-hydrogen) atoms. The Labute approximate surface area is 166 Å². The number of benzene rings is 3. The van der Waals surface area contributed by atoms with E-state index in [4.69, 9.17) is 16.3 Å². The Hall–Kier alpha value is -2.03. The molecule has 0 bridgehead atoms. The zero-order valence-electron chi connectivity index (χ0n) is 16.6. The second kappa shape index (κ2) is 6.54. The Morgan fingerprint density at radius 3 is 2.48 bits per heavy atom. The summed E-state index contributed by atoms with van der Waals surface area (Å²) in [6.45, 7) is 8.75. The van der Waals surface area contributed by atoms with E-state index in [1.807, 2.05) is 0 Å². The first-order chi connectivity index (χ1) is 12.8. The maximum absolute atomic E-state index is 7.05. The molecule has 140 valence electrons. The van der Waals surface area contributed by atoms with Gasteiger partial charge in [-0.15, -0.1) is 0 Å². The van der Waals surface area contributed by atoms with Gasteiger partial charge in [-0.05, 0) is 48.7 Å². The Morgan fingerprint density at radius 1 is 1.04 bits per heavy atom. The molecule has 3 heteroatoms. The molecular weight excluding hydrogens is 354 g/mol. The van der Waals surface area contributed by atoms with Gasteiger partial charge >= 0.3 is 0 Å². The van der Waals surface area contributed by atoms with Crippen molar-refractivity contribution in [2.45, 2.75) is 45.3 Å². The van der Waals surface area contributed by atoms with E-state index in [1.54, 1.807) is 7.11 Å². The molecule has 0 amide bonds. The first-order valence-corrected chi connectivity index (χ1v) is 9.85. The molecule has 0 spiro atoms. The quantitative estimate of drug-likeness (QED) is 0.529. The summed E-state index contributed by atoms with van der Waals surface area (Å²) in [6, 6.07) is 17.1. The van der Waals surface area contributed by atoms with Gasteiger partial charge in [-0.1, -0.05) is 61.0 Å². The van der Waals surface area contributed by atoms with Gasteiger partial charge in [0.1, 0.15) is 0 Å². The second-order valence-electron chi connectivity index (χ2n) is 8.16. The molecule has 0 radical (unpaired) electrons. The van der Waals surface area contributed by atoms with E-state index in [9.17, 15) is 0 Å². The highest BCUT2D eigenvalue weighted by molar-refractivity contribution is 6.35. The van der Waals surface area contributed by atoms with Gasteiger partial charge in [0.05, 0.1) is 16.7 Å². The summed E-state index contributed by atoms with van der Waals surface area (Å²) in [5, 5.41) is 6.96. The summed E-state index contributed by atoms with van der Waals surface area (Å²) < 4.78 is 5.87. The SMILES string of the molecule is COC1C(C)c2c(Cl)c(-c3cccc4ccccc34)cc(C)c2NC1(C)C. The lowest BCUT2D eigenvalue weighted by molar-refractivity contribution is 0.0357. The van der Waals surface area contributed by atoms with Crippen LogP contribution in [0.2, 0.25) is 5.02 Å². The molecule has 0 saturated carbocycles. The summed E-state index contributed by atoms with van der Waals surface area (Å²) in [4.78, 5) is 0. The van der Waals surface area contributed by atoms with Crippen molar-refractivity contribution in [3.8, 4) is 11.1 Å². The predicted octanol–water partition coefficient (Wildman–Crippen LogP) is 6.79. The highest BCUT2D eigenvalue weighted by atomic mass is 35.5. The van der Waals surface area contributed by atoms with Crippen LogP contribution in [0.15, 0.2) is 48.5 Å². The Morgan fingerprint density at radius 2 is 1.74 bits per heavy atom. The van der Waals surface area contributed by atoms with Crippen molar-refractivity contribution in [3.05, 3.63) is 64.7 Å². The fourth-order valence-corrected chi connectivity index (χ4v) is 5.16. The number of anilines is 1. The molecule has 0 fully saturated rings. The minimum Gasteiger partial charge on any atom is -0.378 e. The lowest BCUT2D eigenvalue weighted by atomic mass is 9.77. The zero-order valence-corrected chi connectivity index (χ0v) is 17.3. The first kappa shape index (κ1) is 18.3. The van der Waals surface area contributed by atoms with Crippen LogP contribution in [0.25, 0.3) is 21.9 Å². The fraction of sp³-hybridized carbons (Fsp3) is 0.333. The minimum absolute atomic E-state index is 0.0460. The van der Waals surface area contributed by atoms with Gasteiger partial charge < -0.3 is 10.1 Å². The number of aryl methyl sites for hydroxylation is 1. The van der Waals surface area contributed by atoms with Crippen LogP contribution in [-0.2, 0) is 4.74 Å². The standard InChI is InChI=1S/C24H26ClNO/c1-14-13-19(18-12-8-10-16-9-6-7-11-17(16)18)21(25)20-15(2)23(27-5)24(3,4)26-22(14)20/h6-13,15,23,26H,1-5H3. The molecule has 1 N–H and O–H groups in total. The number of hydrogen-bond donors (Lipinski definition) is 1. The highest BCUT2D eigenvalue weighted by Gasteiger charge is 2.42. The highest BCUT2D eigenvalue weighted by Crippen LogP contribution is 2.49. The molecule has 4 rings (SSSR count). The number of ether oxygens (including phenoxy) is 1. The third-order valence-corrected chi connectivity index (χ3v) is 6.31. The maximum atomic E-state index is 7.05. The van der Waals surface area contributed by atoms with Gasteiger partial charge in [0.2, 0.25) is 0 Å². The lowest BCUT2D eigenvalue weighted by Gasteiger charge is -2.45.